The maximum absolute atomic E-state index is 10.9. The second-order valence-corrected chi connectivity index (χ2v) is 2.56. The van der Waals surface area contributed by atoms with Crippen molar-refractivity contribution in [2.24, 2.45) is 0 Å². The first-order valence-electron chi connectivity index (χ1n) is 4.14. The quantitative estimate of drug-likeness (QED) is 0.513. The molecule has 0 saturated carbocycles. The minimum atomic E-state index is -0.533. The zero-order chi connectivity index (χ0) is 9.56. The lowest BCUT2D eigenvalue weighted by molar-refractivity contribution is -0.137. The highest BCUT2D eigenvalue weighted by Crippen LogP contribution is 2.04. The van der Waals surface area contributed by atoms with Gasteiger partial charge in [0.05, 0.1) is 12.7 Å². The Kier molecular flexibility index (Phi) is 5.37. The van der Waals surface area contributed by atoms with Crippen LogP contribution < -0.4 is 0 Å². The minimum absolute atomic E-state index is 0.366. The second-order valence-electron chi connectivity index (χ2n) is 2.56. The number of carbonyl (C=O) groups excluding carboxylic acids is 1. The van der Waals surface area contributed by atoms with Crippen LogP contribution in [0.3, 0.4) is 0 Å². The van der Waals surface area contributed by atoms with Crippen LogP contribution >= 0.6 is 0 Å². The largest absolute Gasteiger partial charge is 0.463 e. The Balaban J connectivity index is 4.05. The van der Waals surface area contributed by atoms with Crippen molar-refractivity contribution < 1.29 is 14.6 Å². The van der Waals surface area contributed by atoms with Gasteiger partial charge in [0, 0.05) is 6.08 Å². The highest BCUT2D eigenvalue weighted by Gasteiger charge is 2.05. The van der Waals surface area contributed by atoms with Crippen molar-refractivity contribution in [1.29, 1.82) is 0 Å². The molecule has 0 heterocycles. The van der Waals surface area contributed by atoms with Gasteiger partial charge in [0.25, 0.3) is 0 Å². The molecule has 0 saturated heterocycles. The zero-order valence-corrected chi connectivity index (χ0v) is 7.83. The van der Waals surface area contributed by atoms with E-state index >= 15 is 0 Å². The van der Waals surface area contributed by atoms with E-state index in [1.807, 2.05) is 6.92 Å². The van der Waals surface area contributed by atoms with Gasteiger partial charge in [0.2, 0.25) is 0 Å². The van der Waals surface area contributed by atoms with Gasteiger partial charge in [-0.1, -0.05) is 6.92 Å². The van der Waals surface area contributed by atoms with Gasteiger partial charge >= 0.3 is 5.97 Å². The molecule has 0 aliphatic rings. The first kappa shape index (κ1) is 11.2. The van der Waals surface area contributed by atoms with E-state index in [1.165, 1.54) is 6.08 Å². The number of hydrogen-bond donors (Lipinski definition) is 1. The molecule has 1 N–H and O–H groups in total. The summed E-state index contributed by atoms with van der Waals surface area (Å²) in [4.78, 5) is 10.9. The van der Waals surface area contributed by atoms with Crippen molar-refractivity contribution in [1.82, 2.24) is 0 Å². The van der Waals surface area contributed by atoms with Gasteiger partial charge in [-0.2, -0.15) is 0 Å². The first-order valence-corrected chi connectivity index (χ1v) is 4.14. The summed E-state index contributed by atoms with van der Waals surface area (Å²) in [7, 11) is 0. The molecule has 0 spiro atoms. The van der Waals surface area contributed by atoms with E-state index in [1.54, 1.807) is 13.8 Å². The molecule has 0 bridgehead atoms. The molecular formula is C9H16O3. The Labute approximate surface area is 73.0 Å². The maximum atomic E-state index is 10.9. The molecule has 3 nitrogen and oxygen atoms in total. The second kappa shape index (κ2) is 5.77. The molecule has 3 heteroatoms. The number of aliphatic hydroxyl groups is 1. The lowest BCUT2D eigenvalue weighted by Crippen LogP contribution is -2.09. The zero-order valence-electron chi connectivity index (χ0n) is 7.83. The molecule has 0 aliphatic carbocycles. The molecule has 1 atom stereocenters. The molecule has 0 aliphatic heterocycles. The van der Waals surface area contributed by atoms with Gasteiger partial charge in [0.1, 0.15) is 0 Å². The van der Waals surface area contributed by atoms with Crippen LogP contribution in [0, 0.1) is 0 Å². The van der Waals surface area contributed by atoms with E-state index in [2.05, 4.69) is 4.74 Å². The lowest BCUT2D eigenvalue weighted by Gasteiger charge is -2.06. The van der Waals surface area contributed by atoms with Gasteiger partial charge in [-0.3, -0.25) is 0 Å². The fraction of sp³-hybridized carbons (Fsp3) is 0.667. The van der Waals surface area contributed by atoms with Gasteiger partial charge in [-0.25, -0.2) is 4.79 Å². The van der Waals surface area contributed by atoms with Crippen molar-refractivity contribution >= 4 is 5.97 Å². The number of aliphatic hydroxyl groups excluding tert-OH is 1. The van der Waals surface area contributed by atoms with Crippen molar-refractivity contribution in [2.75, 3.05) is 6.61 Å². The Morgan fingerprint density at radius 2 is 2.17 bits per heavy atom. The average molecular weight is 172 g/mol. The summed E-state index contributed by atoms with van der Waals surface area (Å²) in [6, 6.07) is 0. The van der Waals surface area contributed by atoms with Crippen LogP contribution in [-0.2, 0) is 9.53 Å². The smallest absolute Gasteiger partial charge is 0.330 e. The number of hydrogen-bond acceptors (Lipinski definition) is 3. The molecule has 1 unspecified atom stereocenters. The van der Waals surface area contributed by atoms with E-state index < -0.39 is 6.10 Å². The SMILES string of the molecule is CCOC(=O)/C=C(\C)C(O)CC. The molecule has 0 radical (unpaired) electrons. The minimum Gasteiger partial charge on any atom is -0.463 e. The molecule has 0 aromatic carbocycles. The summed E-state index contributed by atoms with van der Waals surface area (Å²) >= 11 is 0. The van der Waals surface area contributed by atoms with E-state index in [4.69, 9.17) is 0 Å². The van der Waals surface area contributed by atoms with Gasteiger partial charge in [-0.15, -0.1) is 0 Å². The van der Waals surface area contributed by atoms with Crippen molar-refractivity contribution in [3.05, 3.63) is 11.6 Å². The molecule has 70 valence electrons. The average Bonchev–Trinajstić information content (AvgIpc) is 2.03. The van der Waals surface area contributed by atoms with E-state index in [-0.39, 0.29) is 5.97 Å². The molecule has 0 fully saturated rings. The highest BCUT2D eigenvalue weighted by atomic mass is 16.5. The fourth-order valence-electron chi connectivity index (χ4n) is 0.788. The van der Waals surface area contributed by atoms with E-state index in [9.17, 15) is 9.90 Å². The van der Waals surface area contributed by atoms with Crippen LogP contribution in [0.15, 0.2) is 11.6 Å². The Hall–Kier alpha value is -0.830. The van der Waals surface area contributed by atoms with Crippen LogP contribution in [0.25, 0.3) is 0 Å². The predicted octanol–water partition coefficient (Wildman–Crippen LogP) is 1.27. The summed E-state index contributed by atoms with van der Waals surface area (Å²) in [5.41, 5.74) is 0.649. The number of carbonyl (C=O) groups is 1. The fourth-order valence-corrected chi connectivity index (χ4v) is 0.788. The van der Waals surface area contributed by atoms with Crippen molar-refractivity contribution in [2.45, 2.75) is 33.3 Å². The summed E-state index contributed by atoms with van der Waals surface area (Å²) in [6.07, 6.45) is 1.41. The van der Waals surface area contributed by atoms with Crippen LogP contribution in [0.2, 0.25) is 0 Å². The number of ether oxygens (including phenoxy) is 1. The van der Waals surface area contributed by atoms with Gasteiger partial charge in [0.15, 0.2) is 0 Å². The summed E-state index contributed by atoms with van der Waals surface area (Å²) < 4.78 is 4.68. The highest BCUT2D eigenvalue weighted by molar-refractivity contribution is 5.82. The van der Waals surface area contributed by atoms with Crippen LogP contribution in [0.4, 0.5) is 0 Å². The Bertz CT molecular complexity index is 173. The molecule has 12 heavy (non-hydrogen) atoms. The topological polar surface area (TPSA) is 46.5 Å². The number of rotatable bonds is 4. The van der Waals surface area contributed by atoms with Crippen LogP contribution in [0.5, 0.6) is 0 Å². The third-order valence-corrected chi connectivity index (χ3v) is 1.54. The standard InChI is InChI=1S/C9H16O3/c1-4-8(10)7(3)6-9(11)12-5-2/h6,8,10H,4-5H2,1-3H3/b7-6+. The van der Waals surface area contributed by atoms with Crippen LogP contribution in [0.1, 0.15) is 27.2 Å². The molecule has 0 aromatic heterocycles. The lowest BCUT2D eigenvalue weighted by atomic mass is 10.1. The number of esters is 1. The third kappa shape index (κ3) is 4.13. The monoisotopic (exact) mass is 172 g/mol. The molecule has 0 aromatic rings. The summed E-state index contributed by atoms with van der Waals surface area (Å²) in [6.45, 7) is 5.68. The molecule has 0 amide bonds. The molecule has 0 rings (SSSR count). The van der Waals surface area contributed by atoms with Gasteiger partial charge in [-0.05, 0) is 25.8 Å². The summed E-state index contributed by atoms with van der Waals surface area (Å²) in [5.74, 6) is -0.387. The van der Waals surface area contributed by atoms with Gasteiger partial charge < -0.3 is 9.84 Å². The van der Waals surface area contributed by atoms with Crippen LogP contribution in [-0.4, -0.2) is 23.8 Å². The molecular weight excluding hydrogens is 156 g/mol. The Morgan fingerprint density at radius 1 is 1.58 bits per heavy atom. The van der Waals surface area contributed by atoms with E-state index in [0.29, 0.717) is 18.6 Å². The Morgan fingerprint density at radius 3 is 2.58 bits per heavy atom. The first-order chi connectivity index (χ1) is 5.61. The third-order valence-electron chi connectivity index (χ3n) is 1.54. The summed E-state index contributed by atoms with van der Waals surface area (Å²) in [5, 5.41) is 9.27. The van der Waals surface area contributed by atoms with Crippen molar-refractivity contribution in [3.63, 3.8) is 0 Å². The van der Waals surface area contributed by atoms with E-state index in [0.717, 1.165) is 0 Å². The normalized spacial score (nSPS) is 14.2. The predicted molar refractivity (Wildman–Crippen MR) is 46.7 cm³/mol. The maximum Gasteiger partial charge on any atom is 0.330 e. The van der Waals surface area contributed by atoms with Crippen molar-refractivity contribution in [3.8, 4) is 0 Å².